The van der Waals surface area contributed by atoms with Gasteiger partial charge in [0.25, 0.3) is 0 Å². The predicted octanol–water partition coefficient (Wildman–Crippen LogP) is 4.88. The molecule has 0 aliphatic rings. The Balaban J connectivity index is 1.36. The maximum absolute atomic E-state index is 5.82. The van der Waals surface area contributed by atoms with Gasteiger partial charge in [0, 0.05) is 24.3 Å². The van der Waals surface area contributed by atoms with E-state index in [1.165, 1.54) is 17.1 Å². The van der Waals surface area contributed by atoms with Gasteiger partial charge in [-0.15, -0.1) is 0 Å². The van der Waals surface area contributed by atoms with Crippen LogP contribution in [0, 0.1) is 0 Å². The number of hydrogen-bond donors (Lipinski definition) is 1. The van der Waals surface area contributed by atoms with E-state index < -0.39 is 0 Å². The molecule has 2 aromatic heterocycles. The number of ether oxygens (including phenoxy) is 1. The zero-order valence-corrected chi connectivity index (χ0v) is 14.4. The number of hydrogen-bond acceptors (Lipinski definition) is 5. The van der Waals surface area contributed by atoms with Crippen molar-refractivity contribution in [2.24, 2.45) is 0 Å². The summed E-state index contributed by atoms with van der Waals surface area (Å²) in [5.41, 5.74) is 2.35. The van der Waals surface area contributed by atoms with Crippen molar-refractivity contribution in [2.75, 3.05) is 5.32 Å². The fourth-order valence-corrected chi connectivity index (χ4v) is 3.27. The largest absolute Gasteiger partial charge is 0.489 e. The van der Waals surface area contributed by atoms with Crippen LogP contribution in [-0.2, 0) is 13.2 Å². The summed E-state index contributed by atoms with van der Waals surface area (Å²) in [6.07, 6.45) is 3.64. The molecule has 0 spiro atoms. The number of fused-ring (bicyclic) bond motifs is 1. The molecule has 0 saturated heterocycles. The van der Waals surface area contributed by atoms with E-state index in [9.17, 15) is 0 Å². The zero-order valence-electron chi connectivity index (χ0n) is 13.6. The number of benzene rings is 2. The van der Waals surface area contributed by atoms with E-state index in [2.05, 4.69) is 38.9 Å². The van der Waals surface area contributed by atoms with Crippen LogP contribution in [0.15, 0.2) is 73.1 Å². The molecule has 0 bridgehead atoms. The molecule has 0 radical (unpaired) electrons. The molecular weight excluding hydrogens is 330 g/mol. The highest BCUT2D eigenvalue weighted by atomic mass is 32.1. The van der Waals surface area contributed by atoms with Crippen LogP contribution in [0.2, 0.25) is 0 Å². The van der Waals surface area contributed by atoms with E-state index in [0.29, 0.717) is 6.61 Å². The number of pyridine rings is 1. The van der Waals surface area contributed by atoms with Gasteiger partial charge in [0.2, 0.25) is 0 Å². The molecule has 0 atom stereocenters. The quantitative estimate of drug-likeness (QED) is 0.540. The van der Waals surface area contributed by atoms with Crippen molar-refractivity contribution in [3.63, 3.8) is 0 Å². The monoisotopic (exact) mass is 347 g/mol. The second-order valence-electron chi connectivity index (χ2n) is 5.67. The minimum Gasteiger partial charge on any atom is -0.489 e. The Bertz CT molecular complexity index is 952. The molecule has 124 valence electrons. The van der Waals surface area contributed by atoms with Crippen molar-refractivity contribution in [3.05, 3.63) is 84.2 Å². The van der Waals surface area contributed by atoms with E-state index in [-0.39, 0.29) is 0 Å². The standard InChI is InChI=1S/C20H17N3OS/c1-2-4-16(5-3-1)14-24-17-8-6-15(7-9-17)12-22-20-18-10-11-21-13-19(18)25-23-20/h1-11,13H,12,14H2,(H,22,23). The third-order valence-electron chi connectivity index (χ3n) is 3.91. The highest BCUT2D eigenvalue weighted by molar-refractivity contribution is 7.13. The summed E-state index contributed by atoms with van der Waals surface area (Å²) in [5, 5.41) is 4.51. The first-order chi connectivity index (χ1) is 12.4. The van der Waals surface area contributed by atoms with Gasteiger partial charge in [0.15, 0.2) is 0 Å². The summed E-state index contributed by atoms with van der Waals surface area (Å²) < 4.78 is 11.4. The number of nitrogens with one attached hydrogen (secondary N) is 1. The first-order valence-corrected chi connectivity index (χ1v) is 8.85. The van der Waals surface area contributed by atoms with E-state index >= 15 is 0 Å². The Morgan fingerprint density at radius 3 is 2.60 bits per heavy atom. The Labute approximate surface area is 150 Å². The summed E-state index contributed by atoms with van der Waals surface area (Å²) in [4.78, 5) is 4.12. The number of rotatable bonds is 6. The normalized spacial score (nSPS) is 10.7. The summed E-state index contributed by atoms with van der Waals surface area (Å²) in [5.74, 6) is 1.78. The van der Waals surface area contributed by atoms with Crippen molar-refractivity contribution in [1.29, 1.82) is 0 Å². The van der Waals surface area contributed by atoms with Crippen LogP contribution >= 0.6 is 11.5 Å². The lowest BCUT2D eigenvalue weighted by atomic mass is 10.2. The van der Waals surface area contributed by atoms with Crippen LogP contribution in [0.3, 0.4) is 0 Å². The number of aromatic nitrogens is 2. The second-order valence-corrected chi connectivity index (χ2v) is 6.48. The van der Waals surface area contributed by atoms with E-state index in [4.69, 9.17) is 4.74 Å². The second kappa shape index (κ2) is 7.32. The van der Waals surface area contributed by atoms with E-state index in [1.807, 2.05) is 42.6 Å². The third-order valence-corrected chi connectivity index (χ3v) is 4.70. The Morgan fingerprint density at radius 1 is 0.920 bits per heavy atom. The topological polar surface area (TPSA) is 47.0 Å². The van der Waals surface area contributed by atoms with Crippen LogP contribution in [-0.4, -0.2) is 9.36 Å². The molecule has 2 heterocycles. The summed E-state index contributed by atoms with van der Waals surface area (Å²) >= 11 is 1.46. The Morgan fingerprint density at radius 2 is 1.76 bits per heavy atom. The molecule has 0 saturated carbocycles. The number of nitrogens with zero attached hydrogens (tertiary/aromatic N) is 2. The van der Waals surface area contributed by atoms with Gasteiger partial charge in [-0.25, -0.2) is 0 Å². The van der Waals surface area contributed by atoms with Crippen LogP contribution in [0.4, 0.5) is 5.82 Å². The lowest BCUT2D eigenvalue weighted by molar-refractivity contribution is 0.306. The van der Waals surface area contributed by atoms with E-state index in [0.717, 1.165) is 33.8 Å². The molecule has 2 aromatic carbocycles. The summed E-state index contributed by atoms with van der Waals surface area (Å²) in [6.45, 7) is 1.30. The Kier molecular flexibility index (Phi) is 4.57. The zero-order chi connectivity index (χ0) is 16.9. The average molecular weight is 347 g/mol. The highest BCUT2D eigenvalue weighted by Crippen LogP contribution is 2.25. The molecule has 4 aromatic rings. The van der Waals surface area contributed by atoms with Crippen molar-refractivity contribution >= 4 is 27.4 Å². The number of anilines is 1. The van der Waals surface area contributed by atoms with Crippen molar-refractivity contribution in [3.8, 4) is 5.75 Å². The lowest BCUT2D eigenvalue weighted by Crippen LogP contribution is -2.00. The maximum Gasteiger partial charge on any atom is 0.147 e. The van der Waals surface area contributed by atoms with Crippen LogP contribution in [0.1, 0.15) is 11.1 Å². The smallest absolute Gasteiger partial charge is 0.147 e. The van der Waals surface area contributed by atoms with Gasteiger partial charge >= 0.3 is 0 Å². The van der Waals surface area contributed by atoms with Gasteiger partial charge in [0.05, 0.1) is 4.70 Å². The van der Waals surface area contributed by atoms with Crippen LogP contribution in [0.25, 0.3) is 10.1 Å². The summed E-state index contributed by atoms with van der Waals surface area (Å²) in [6, 6.07) is 20.3. The van der Waals surface area contributed by atoms with Gasteiger partial charge in [-0.05, 0) is 40.9 Å². The minimum absolute atomic E-state index is 0.581. The fourth-order valence-electron chi connectivity index (χ4n) is 2.55. The SMILES string of the molecule is c1ccc(COc2ccc(CNc3nsc4cnccc34)cc2)cc1. The van der Waals surface area contributed by atoms with Gasteiger partial charge in [-0.1, -0.05) is 42.5 Å². The molecule has 25 heavy (non-hydrogen) atoms. The minimum atomic E-state index is 0.581. The average Bonchev–Trinajstić information content (AvgIpc) is 3.10. The predicted molar refractivity (Wildman–Crippen MR) is 102 cm³/mol. The molecule has 4 rings (SSSR count). The van der Waals surface area contributed by atoms with Gasteiger partial charge in [-0.3, -0.25) is 4.98 Å². The molecule has 5 heteroatoms. The van der Waals surface area contributed by atoms with Crippen molar-refractivity contribution in [1.82, 2.24) is 9.36 Å². The molecule has 4 nitrogen and oxygen atoms in total. The van der Waals surface area contributed by atoms with Crippen molar-refractivity contribution in [2.45, 2.75) is 13.2 Å². The maximum atomic E-state index is 5.82. The fraction of sp³-hybridized carbons (Fsp3) is 0.100. The van der Waals surface area contributed by atoms with Crippen LogP contribution in [0.5, 0.6) is 5.75 Å². The van der Waals surface area contributed by atoms with Crippen molar-refractivity contribution < 1.29 is 4.74 Å². The first-order valence-electron chi connectivity index (χ1n) is 8.07. The molecule has 0 fully saturated rings. The molecule has 0 aliphatic heterocycles. The first kappa shape index (κ1) is 15.6. The Hall–Kier alpha value is -2.92. The molecule has 1 N–H and O–H groups in total. The van der Waals surface area contributed by atoms with Crippen LogP contribution < -0.4 is 10.1 Å². The highest BCUT2D eigenvalue weighted by Gasteiger charge is 2.05. The van der Waals surface area contributed by atoms with E-state index in [1.54, 1.807) is 6.20 Å². The van der Waals surface area contributed by atoms with Gasteiger partial charge in [-0.2, -0.15) is 4.37 Å². The summed E-state index contributed by atoms with van der Waals surface area (Å²) in [7, 11) is 0. The molecular formula is C20H17N3OS. The molecule has 0 aliphatic carbocycles. The molecule has 0 amide bonds. The van der Waals surface area contributed by atoms with Gasteiger partial charge < -0.3 is 10.1 Å². The lowest BCUT2D eigenvalue weighted by Gasteiger charge is -2.08. The van der Waals surface area contributed by atoms with Gasteiger partial charge in [0.1, 0.15) is 18.2 Å². The third kappa shape index (κ3) is 3.78. The molecule has 0 unspecified atom stereocenters.